The molecule has 1 atom stereocenters. The van der Waals surface area contributed by atoms with Crippen molar-refractivity contribution in [1.29, 1.82) is 0 Å². The molecule has 0 unspecified atom stereocenters. The van der Waals surface area contributed by atoms with Gasteiger partial charge in [-0.3, -0.25) is 9.59 Å². The van der Waals surface area contributed by atoms with E-state index in [0.29, 0.717) is 0 Å². The fourth-order valence-electron chi connectivity index (χ4n) is 2.86. The summed E-state index contributed by atoms with van der Waals surface area (Å²) in [5.74, 6) is -0.346. The molecule has 19 heavy (non-hydrogen) atoms. The van der Waals surface area contributed by atoms with E-state index in [-0.39, 0.29) is 23.8 Å². The largest absolute Gasteiger partial charge is 0.348 e. The van der Waals surface area contributed by atoms with Crippen molar-refractivity contribution in [2.45, 2.75) is 44.6 Å². The number of allylic oxidation sites excluding steroid dienone is 2. The van der Waals surface area contributed by atoms with Crippen LogP contribution in [-0.2, 0) is 9.59 Å². The van der Waals surface area contributed by atoms with Gasteiger partial charge in [0.05, 0.1) is 5.54 Å². The average Bonchev–Trinajstić information content (AvgIpc) is 2.67. The Labute approximate surface area is 114 Å². The molecule has 0 aromatic heterocycles. The molecule has 2 aliphatic carbocycles. The molecular formula is C15H22N2O2. The Balaban J connectivity index is 2.03. The average molecular weight is 262 g/mol. The van der Waals surface area contributed by atoms with Crippen LogP contribution in [0.2, 0.25) is 0 Å². The van der Waals surface area contributed by atoms with Crippen LogP contribution in [0.15, 0.2) is 23.3 Å². The fraction of sp³-hybridized carbons (Fsp3) is 0.600. The molecule has 0 bridgehead atoms. The molecule has 0 aromatic rings. The highest BCUT2D eigenvalue weighted by atomic mass is 16.2. The van der Waals surface area contributed by atoms with Crippen LogP contribution in [0, 0.1) is 0 Å². The van der Waals surface area contributed by atoms with Gasteiger partial charge in [-0.1, -0.05) is 17.7 Å². The van der Waals surface area contributed by atoms with E-state index < -0.39 is 0 Å². The van der Waals surface area contributed by atoms with Crippen molar-refractivity contribution in [3.8, 4) is 0 Å². The molecule has 2 rings (SSSR count). The number of carbonyl (C=O) groups is 2. The molecule has 0 spiro atoms. The Hall–Kier alpha value is -1.58. The van der Waals surface area contributed by atoms with Gasteiger partial charge in [0.25, 0.3) is 0 Å². The number of hydrogen-bond donors (Lipinski definition) is 1. The Morgan fingerprint density at radius 3 is 2.79 bits per heavy atom. The first-order valence-electron chi connectivity index (χ1n) is 6.82. The third-order valence-electron chi connectivity index (χ3n) is 4.03. The number of amides is 2. The summed E-state index contributed by atoms with van der Waals surface area (Å²) in [6, 6.07) is 0. The van der Waals surface area contributed by atoms with Crippen molar-refractivity contribution in [3.05, 3.63) is 23.3 Å². The van der Waals surface area contributed by atoms with Crippen LogP contribution in [-0.4, -0.2) is 36.3 Å². The standard InChI is InChI=1S/C15H22N2O2/c1-15(16-13(18)10-14(19)17(2)3)9-8-11-6-4-5-7-12(11)15/h5,7H,4,6,8-10H2,1-3H3,(H,16,18)/t15-/m0/s1. The summed E-state index contributed by atoms with van der Waals surface area (Å²) < 4.78 is 0. The van der Waals surface area contributed by atoms with Crippen molar-refractivity contribution in [1.82, 2.24) is 10.2 Å². The van der Waals surface area contributed by atoms with E-state index in [9.17, 15) is 9.59 Å². The van der Waals surface area contributed by atoms with Gasteiger partial charge in [-0.05, 0) is 38.2 Å². The monoisotopic (exact) mass is 262 g/mol. The first-order valence-corrected chi connectivity index (χ1v) is 6.82. The zero-order chi connectivity index (χ0) is 14.0. The van der Waals surface area contributed by atoms with E-state index in [1.807, 2.05) is 0 Å². The second-order valence-corrected chi connectivity index (χ2v) is 5.80. The lowest BCUT2D eigenvalue weighted by atomic mass is 9.89. The molecule has 4 heteroatoms. The second-order valence-electron chi connectivity index (χ2n) is 5.80. The minimum absolute atomic E-state index is 0.0745. The fourth-order valence-corrected chi connectivity index (χ4v) is 2.86. The molecule has 0 saturated heterocycles. The Morgan fingerprint density at radius 1 is 1.37 bits per heavy atom. The molecule has 2 aliphatic rings. The van der Waals surface area contributed by atoms with Crippen molar-refractivity contribution >= 4 is 11.8 Å². The Bertz CT molecular complexity index is 463. The van der Waals surface area contributed by atoms with Crippen molar-refractivity contribution in [2.75, 3.05) is 14.1 Å². The van der Waals surface area contributed by atoms with Gasteiger partial charge >= 0.3 is 0 Å². The highest BCUT2D eigenvalue weighted by Gasteiger charge is 2.37. The minimum Gasteiger partial charge on any atom is -0.348 e. The molecular weight excluding hydrogens is 240 g/mol. The van der Waals surface area contributed by atoms with E-state index >= 15 is 0 Å². The third-order valence-corrected chi connectivity index (χ3v) is 4.03. The molecule has 0 aromatic carbocycles. The number of nitrogens with one attached hydrogen (secondary N) is 1. The molecule has 0 radical (unpaired) electrons. The van der Waals surface area contributed by atoms with Crippen LogP contribution in [0.5, 0.6) is 0 Å². The molecule has 104 valence electrons. The number of carbonyl (C=O) groups excluding carboxylic acids is 2. The lowest BCUT2D eigenvalue weighted by Crippen LogP contribution is -2.46. The van der Waals surface area contributed by atoms with Crippen molar-refractivity contribution < 1.29 is 9.59 Å². The third kappa shape index (κ3) is 2.88. The van der Waals surface area contributed by atoms with Crippen LogP contribution >= 0.6 is 0 Å². The van der Waals surface area contributed by atoms with Gasteiger partial charge in [0.15, 0.2) is 0 Å². The van der Waals surface area contributed by atoms with Gasteiger partial charge in [-0.15, -0.1) is 0 Å². The van der Waals surface area contributed by atoms with Crippen molar-refractivity contribution in [3.63, 3.8) is 0 Å². The maximum Gasteiger partial charge on any atom is 0.231 e. The highest BCUT2D eigenvalue weighted by molar-refractivity contribution is 5.97. The summed E-state index contributed by atoms with van der Waals surface area (Å²) in [6.45, 7) is 2.06. The molecule has 0 aliphatic heterocycles. The summed E-state index contributed by atoms with van der Waals surface area (Å²) in [6.07, 6.45) is 8.42. The van der Waals surface area contributed by atoms with E-state index in [2.05, 4.69) is 24.4 Å². The van der Waals surface area contributed by atoms with Crippen LogP contribution in [0.3, 0.4) is 0 Å². The molecule has 4 nitrogen and oxygen atoms in total. The zero-order valence-electron chi connectivity index (χ0n) is 12.0. The summed E-state index contributed by atoms with van der Waals surface area (Å²) in [5.41, 5.74) is 2.42. The number of rotatable bonds is 3. The number of hydrogen-bond acceptors (Lipinski definition) is 2. The number of nitrogens with zero attached hydrogens (tertiary/aromatic N) is 1. The Kier molecular flexibility index (Phi) is 3.78. The minimum atomic E-state index is -0.296. The molecule has 1 N–H and O–H groups in total. The Morgan fingerprint density at radius 2 is 2.11 bits per heavy atom. The first kappa shape index (κ1) is 13.8. The maximum atomic E-state index is 12.0. The van der Waals surface area contributed by atoms with E-state index in [1.54, 1.807) is 14.1 Å². The predicted molar refractivity (Wildman–Crippen MR) is 74.5 cm³/mol. The first-order chi connectivity index (χ1) is 8.92. The van der Waals surface area contributed by atoms with E-state index in [0.717, 1.165) is 25.7 Å². The summed E-state index contributed by atoms with van der Waals surface area (Å²) in [5, 5.41) is 3.04. The maximum absolute atomic E-state index is 12.0. The van der Waals surface area contributed by atoms with Crippen LogP contribution < -0.4 is 5.32 Å². The highest BCUT2D eigenvalue weighted by Crippen LogP contribution is 2.40. The van der Waals surface area contributed by atoms with Crippen LogP contribution in [0.25, 0.3) is 0 Å². The molecule has 0 saturated carbocycles. The topological polar surface area (TPSA) is 49.4 Å². The normalized spacial score (nSPS) is 25.2. The van der Waals surface area contributed by atoms with Crippen molar-refractivity contribution in [2.24, 2.45) is 0 Å². The molecule has 2 amide bonds. The smallest absolute Gasteiger partial charge is 0.231 e. The summed E-state index contributed by atoms with van der Waals surface area (Å²) in [4.78, 5) is 25.0. The van der Waals surface area contributed by atoms with Gasteiger partial charge in [-0.25, -0.2) is 0 Å². The van der Waals surface area contributed by atoms with Crippen LogP contribution in [0.1, 0.15) is 39.0 Å². The van der Waals surface area contributed by atoms with Gasteiger partial charge < -0.3 is 10.2 Å². The van der Waals surface area contributed by atoms with E-state index in [4.69, 9.17) is 0 Å². The SMILES string of the molecule is CN(C)C(=O)CC(=O)N[C@@]1(C)CCC2=C1C=CCC2. The molecule has 0 heterocycles. The zero-order valence-corrected chi connectivity index (χ0v) is 12.0. The lowest BCUT2D eigenvalue weighted by Gasteiger charge is -2.29. The van der Waals surface area contributed by atoms with Gasteiger partial charge in [-0.2, -0.15) is 0 Å². The molecule has 0 fully saturated rings. The van der Waals surface area contributed by atoms with E-state index in [1.165, 1.54) is 16.0 Å². The summed E-state index contributed by atoms with van der Waals surface area (Å²) in [7, 11) is 3.33. The van der Waals surface area contributed by atoms with Crippen LogP contribution in [0.4, 0.5) is 0 Å². The quantitative estimate of drug-likeness (QED) is 0.788. The lowest BCUT2D eigenvalue weighted by molar-refractivity contribution is -0.134. The predicted octanol–water partition coefficient (Wildman–Crippen LogP) is 1.78. The van der Waals surface area contributed by atoms with Gasteiger partial charge in [0.2, 0.25) is 11.8 Å². The second kappa shape index (κ2) is 5.19. The summed E-state index contributed by atoms with van der Waals surface area (Å²) >= 11 is 0. The van der Waals surface area contributed by atoms with Gasteiger partial charge in [0, 0.05) is 14.1 Å². The van der Waals surface area contributed by atoms with Gasteiger partial charge in [0.1, 0.15) is 6.42 Å².